The molecule has 1 N–H and O–H groups in total. The number of piperazine rings is 1. The van der Waals surface area contributed by atoms with Gasteiger partial charge in [0, 0.05) is 0 Å². The fourth-order valence-corrected chi connectivity index (χ4v) is 3.40. The zero-order valence-electron chi connectivity index (χ0n) is 14.5. The van der Waals surface area contributed by atoms with Gasteiger partial charge in [0.15, 0.2) is 5.65 Å². The minimum absolute atomic E-state index is 0.873. The molecular formula is C18H23N6+. The molecule has 2 aromatic heterocycles. The number of hydrogen-bond acceptors (Lipinski definition) is 4. The molecule has 3 aromatic rings. The zero-order chi connectivity index (χ0) is 16.7. The minimum Gasteiger partial charge on any atom is -0.345 e. The maximum atomic E-state index is 4.61. The van der Waals surface area contributed by atoms with Gasteiger partial charge in [0.05, 0.1) is 50.5 Å². The van der Waals surface area contributed by atoms with E-state index in [4.69, 9.17) is 0 Å². The molecule has 6 heteroatoms. The van der Waals surface area contributed by atoms with Crippen molar-refractivity contribution in [1.82, 2.24) is 19.7 Å². The first-order valence-corrected chi connectivity index (χ1v) is 8.46. The van der Waals surface area contributed by atoms with E-state index < -0.39 is 0 Å². The molecule has 0 saturated carbocycles. The van der Waals surface area contributed by atoms with Gasteiger partial charge in [-0.15, -0.1) is 0 Å². The van der Waals surface area contributed by atoms with E-state index in [0.29, 0.717) is 0 Å². The molecule has 0 unspecified atom stereocenters. The van der Waals surface area contributed by atoms with Crippen molar-refractivity contribution < 1.29 is 4.90 Å². The third-order valence-corrected chi connectivity index (χ3v) is 4.84. The number of aromatic nitrogens is 4. The lowest BCUT2D eigenvalue weighted by atomic mass is 10.1. The molecule has 3 heterocycles. The molecule has 0 amide bonds. The summed E-state index contributed by atoms with van der Waals surface area (Å²) in [6.07, 6.45) is 3.56. The summed E-state index contributed by atoms with van der Waals surface area (Å²) in [6.45, 7) is 8.53. The molecule has 0 aliphatic carbocycles. The van der Waals surface area contributed by atoms with Crippen LogP contribution in [0.25, 0.3) is 16.7 Å². The average Bonchev–Trinajstić information content (AvgIpc) is 3.00. The molecule has 6 nitrogen and oxygen atoms in total. The highest BCUT2D eigenvalue weighted by molar-refractivity contribution is 5.87. The second kappa shape index (κ2) is 5.87. The first kappa shape index (κ1) is 15.1. The van der Waals surface area contributed by atoms with Gasteiger partial charge in [-0.1, -0.05) is 17.7 Å². The topological polar surface area (TPSA) is 51.3 Å². The highest BCUT2D eigenvalue weighted by Gasteiger charge is 2.21. The number of likely N-dealkylation sites (N-methyl/N-ethyl adjacent to an activating group) is 1. The number of quaternary nitrogens is 1. The number of nitrogens with one attached hydrogen (secondary N) is 1. The van der Waals surface area contributed by atoms with Crippen molar-refractivity contribution in [3.63, 3.8) is 0 Å². The molecule has 0 radical (unpaired) electrons. The molecule has 24 heavy (non-hydrogen) atoms. The average molecular weight is 323 g/mol. The smallest absolute Gasteiger partial charge is 0.168 e. The number of hydrogen-bond donors (Lipinski definition) is 1. The van der Waals surface area contributed by atoms with E-state index in [1.165, 1.54) is 11.1 Å². The first-order valence-electron chi connectivity index (χ1n) is 8.46. The first-order chi connectivity index (χ1) is 11.6. The molecular weight excluding hydrogens is 300 g/mol. The highest BCUT2D eigenvalue weighted by Crippen LogP contribution is 2.26. The van der Waals surface area contributed by atoms with Crippen LogP contribution < -0.4 is 9.80 Å². The molecule has 1 aromatic carbocycles. The second-order valence-electron chi connectivity index (χ2n) is 6.73. The van der Waals surface area contributed by atoms with Gasteiger partial charge in [-0.2, -0.15) is 5.10 Å². The molecule has 1 aliphatic rings. The Balaban J connectivity index is 1.79. The van der Waals surface area contributed by atoms with Crippen molar-refractivity contribution in [3.8, 4) is 5.69 Å². The van der Waals surface area contributed by atoms with Crippen LogP contribution in [0, 0.1) is 13.8 Å². The summed E-state index contributed by atoms with van der Waals surface area (Å²) >= 11 is 0. The third-order valence-electron chi connectivity index (χ3n) is 4.84. The van der Waals surface area contributed by atoms with Crippen LogP contribution in [0.1, 0.15) is 11.1 Å². The summed E-state index contributed by atoms with van der Waals surface area (Å²) < 4.78 is 1.93. The Kier molecular flexibility index (Phi) is 3.69. The monoisotopic (exact) mass is 323 g/mol. The van der Waals surface area contributed by atoms with Crippen LogP contribution in [0.15, 0.2) is 30.7 Å². The lowest BCUT2D eigenvalue weighted by Gasteiger charge is -2.31. The van der Waals surface area contributed by atoms with Gasteiger partial charge in [-0.25, -0.2) is 14.6 Å². The summed E-state index contributed by atoms with van der Waals surface area (Å²) in [6, 6.07) is 6.40. The molecule has 0 atom stereocenters. The standard InChI is InChI=1S/C18H22N6/c1-13-4-5-16(14(2)10-13)24-18-15(11-21-24)17(19-12-20-18)23-8-6-22(3)7-9-23/h4-5,10-12H,6-9H2,1-3H3/p+1. The van der Waals surface area contributed by atoms with E-state index >= 15 is 0 Å². The molecule has 1 saturated heterocycles. The molecule has 1 aliphatic heterocycles. The fourth-order valence-electron chi connectivity index (χ4n) is 3.40. The van der Waals surface area contributed by atoms with Crippen LogP contribution in [0.5, 0.6) is 0 Å². The Morgan fingerprint density at radius 2 is 1.88 bits per heavy atom. The second-order valence-corrected chi connectivity index (χ2v) is 6.73. The quantitative estimate of drug-likeness (QED) is 0.757. The molecule has 1 fully saturated rings. The SMILES string of the molecule is Cc1ccc(-n2ncc3c(N4CC[NH+](C)CC4)ncnc32)c(C)c1. The summed E-state index contributed by atoms with van der Waals surface area (Å²) in [5.74, 6) is 1.00. The van der Waals surface area contributed by atoms with Crippen molar-refractivity contribution in [2.24, 2.45) is 0 Å². The van der Waals surface area contributed by atoms with Crippen molar-refractivity contribution >= 4 is 16.9 Å². The van der Waals surface area contributed by atoms with E-state index in [2.05, 4.69) is 59.1 Å². The number of rotatable bonds is 2. The van der Waals surface area contributed by atoms with Crippen molar-refractivity contribution in [2.45, 2.75) is 13.8 Å². The molecule has 124 valence electrons. The number of benzene rings is 1. The van der Waals surface area contributed by atoms with Gasteiger partial charge in [0.25, 0.3) is 0 Å². The molecule has 0 spiro atoms. The van der Waals surface area contributed by atoms with E-state index in [-0.39, 0.29) is 0 Å². The Morgan fingerprint density at radius 1 is 1.08 bits per heavy atom. The minimum atomic E-state index is 0.873. The van der Waals surface area contributed by atoms with Crippen LogP contribution >= 0.6 is 0 Å². The van der Waals surface area contributed by atoms with Gasteiger partial charge in [-0.3, -0.25) is 0 Å². The van der Waals surface area contributed by atoms with Crippen molar-refractivity contribution in [3.05, 3.63) is 41.9 Å². The Hall–Kier alpha value is -2.47. The van der Waals surface area contributed by atoms with Crippen LogP contribution in [0.2, 0.25) is 0 Å². The van der Waals surface area contributed by atoms with Gasteiger partial charge in [-0.05, 0) is 25.5 Å². The van der Waals surface area contributed by atoms with Crippen LogP contribution in [-0.2, 0) is 0 Å². The highest BCUT2D eigenvalue weighted by atomic mass is 15.3. The van der Waals surface area contributed by atoms with Crippen LogP contribution in [0.3, 0.4) is 0 Å². The zero-order valence-corrected chi connectivity index (χ0v) is 14.5. The predicted octanol–water partition coefficient (Wildman–Crippen LogP) is 0.767. The lowest BCUT2D eigenvalue weighted by molar-refractivity contribution is -0.880. The van der Waals surface area contributed by atoms with Gasteiger partial charge < -0.3 is 9.80 Å². The van der Waals surface area contributed by atoms with Gasteiger partial charge in [0.2, 0.25) is 0 Å². The summed E-state index contributed by atoms with van der Waals surface area (Å²) in [5.41, 5.74) is 4.40. The predicted molar refractivity (Wildman–Crippen MR) is 95.0 cm³/mol. The van der Waals surface area contributed by atoms with Gasteiger partial charge >= 0.3 is 0 Å². The fraction of sp³-hybridized carbons (Fsp3) is 0.389. The maximum absolute atomic E-state index is 4.61. The Labute approximate surface area is 141 Å². The van der Waals surface area contributed by atoms with Crippen LogP contribution in [-0.4, -0.2) is 53.0 Å². The van der Waals surface area contributed by atoms with Crippen molar-refractivity contribution in [1.29, 1.82) is 0 Å². The largest absolute Gasteiger partial charge is 0.345 e. The van der Waals surface area contributed by atoms with E-state index in [1.54, 1.807) is 11.2 Å². The Bertz CT molecular complexity index is 876. The number of aryl methyl sites for hydroxylation is 2. The summed E-state index contributed by atoms with van der Waals surface area (Å²) in [5, 5.41) is 5.63. The van der Waals surface area contributed by atoms with E-state index in [0.717, 1.165) is 48.7 Å². The normalized spacial score (nSPS) is 16.0. The third kappa shape index (κ3) is 2.53. The van der Waals surface area contributed by atoms with Crippen molar-refractivity contribution in [2.75, 3.05) is 38.1 Å². The lowest BCUT2D eigenvalue weighted by Crippen LogP contribution is -3.12. The number of fused-ring (bicyclic) bond motifs is 1. The van der Waals surface area contributed by atoms with Gasteiger partial charge in [0.1, 0.15) is 12.1 Å². The number of anilines is 1. The van der Waals surface area contributed by atoms with Crippen LogP contribution in [0.4, 0.5) is 5.82 Å². The maximum Gasteiger partial charge on any atom is 0.168 e. The number of nitrogens with zero attached hydrogens (tertiary/aromatic N) is 5. The summed E-state index contributed by atoms with van der Waals surface area (Å²) in [7, 11) is 2.24. The molecule has 4 rings (SSSR count). The summed E-state index contributed by atoms with van der Waals surface area (Å²) in [4.78, 5) is 13.0. The molecule has 0 bridgehead atoms. The van der Waals surface area contributed by atoms with E-state index in [1.807, 2.05) is 10.9 Å². The Morgan fingerprint density at radius 3 is 2.62 bits per heavy atom. The van der Waals surface area contributed by atoms with E-state index in [9.17, 15) is 0 Å².